The number of carbonyl (C=O) groups is 1. The predicted molar refractivity (Wildman–Crippen MR) is 49.5 cm³/mol. The van der Waals surface area contributed by atoms with Gasteiger partial charge in [-0.15, -0.1) is 0 Å². The van der Waals surface area contributed by atoms with Crippen molar-refractivity contribution in [3.63, 3.8) is 0 Å². The third-order valence-corrected chi connectivity index (χ3v) is 0.756. The fourth-order valence-corrected chi connectivity index (χ4v) is 0.352. The van der Waals surface area contributed by atoms with Gasteiger partial charge in [-0.2, -0.15) is 0 Å². The molecule has 0 aromatic heterocycles. The van der Waals surface area contributed by atoms with E-state index < -0.39 is 0 Å². The first-order valence-electron chi connectivity index (χ1n) is 4.25. The topological polar surface area (TPSA) is 29.1 Å². The number of nitrogens with one attached hydrogen (secondary N) is 1. The maximum absolute atomic E-state index is 10.3. The van der Waals surface area contributed by atoms with Crippen LogP contribution in [0.25, 0.3) is 0 Å². The molecular weight excluding hydrogens is 138 g/mol. The molecule has 0 atom stereocenters. The number of hydrogen-bond donors (Lipinski definition) is 1. The summed E-state index contributed by atoms with van der Waals surface area (Å²) in [5.41, 5.74) is 0. The molecule has 0 aromatic carbocycles. The number of hydrogen-bond acceptors (Lipinski definition) is 1. The second kappa shape index (κ2) is 9.47. The highest BCUT2D eigenvalue weighted by Gasteiger charge is 1.89. The van der Waals surface area contributed by atoms with Gasteiger partial charge in [-0.05, 0) is 12.3 Å². The lowest BCUT2D eigenvalue weighted by molar-refractivity contribution is -0.120. The molecule has 2 nitrogen and oxygen atoms in total. The SMILES string of the molecule is CC(C)C.CCCC(=O)NC. The number of amides is 1. The summed E-state index contributed by atoms with van der Waals surface area (Å²) in [6, 6.07) is 0. The van der Waals surface area contributed by atoms with Crippen molar-refractivity contribution < 1.29 is 4.79 Å². The van der Waals surface area contributed by atoms with Crippen molar-refractivity contribution >= 4 is 5.91 Å². The van der Waals surface area contributed by atoms with Gasteiger partial charge in [0, 0.05) is 13.5 Å². The highest BCUT2D eigenvalue weighted by molar-refractivity contribution is 5.75. The van der Waals surface area contributed by atoms with Crippen LogP contribution in [-0.4, -0.2) is 13.0 Å². The second-order valence-electron chi connectivity index (χ2n) is 3.16. The van der Waals surface area contributed by atoms with Gasteiger partial charge >= 0.3 is 0 Å². The first-order valence-corrected chi connectivity index (χ1v) is 4.25. The molecule has 2 heteroatoms. The maximum Gasteiger partial charge on any atom is 0.219 e. The number of rotatable bonds is 2. The normalized spacial score (nSPS) is 8.55. The Balaban J connectivity index is 0. The monoisotopic (exact) mass is 159 g/mol. The van der Waals surface area contributed by atoms with Gasteiger partial charge in [0.2, 0.25) is 5.91 Å². The minimum absolute atomic E-state index is 0.127. The Labute approximate surface area is 70.4 Å². The highest BCUT2D eigenvalue weighted by Crippen LogP contribution is 1.82. The van der Waals surface area contributed by atoms with Crippen LogP contribution in [0.1, 0.15) is 40.5 Å². The van der Waals surface area contributed by atoms with Gasteiger partial charge < -0.3 is 5.32 Å². The van der Waals surface area contributed by atoms with Crippen LogP contribution in [0.2, 0.25) is 0 Å². The largest absolute Gasteiger partial charge is 0.359 e. The molecule has 0 fully saturated rings. The molecule has 11 heavy (non-hydrogen) atoms. The van der Waals surface area contributed by atoms with Crippen molar-refractivity contribution in [2.24, 2.45) is 5.92 Å². The van der Waals surface area contributed by atoms with Crippen molar-refractivity contribution in [1.29, 1.82) is 0 Å². The number of carbonyl (C=O) groups excluding carboxylic acids is 1. The van der Waals surface area contributed by atoms with Gasteiger partial charge in [0.1, 0.15) is 0 Å². The van der Waals surface area contributed by atoms with Crippen LogP contribution in [0.5, 0.6) is 0 Å². The molecule has 0 aromatic rings. The molecule has 68 valence electrons. The van der Waals surface area contributed by atoms with Crippen molar-refractivity contribution in [2.75, 3.05) is 7.05 Å². The van der Waals surface area contributed by atoms with Crippen LogP contribution in [-0.2, 0) is 4.79 Å². The summed E-state index contributed by atoms with van der Waals surface area (Å²) in [6.07, 6.45) is 1.58. The zero-order valence-electron chi connectivity index (χ0n) is 8.40. The summed E-state index contributed by atoms with van der Waals surface area (Å²) in [5.74, 6) is 0.961. The standard InChI is InChI=1S/C5H11NO.C4H10/c1-3-4-5(7)6-2;1-4(2)3/h3-4H2,1-2H3,(H,6,7);4H,1-3H3. The third kappa shape index (κ3) is 26.4. The van der Waals surface area contributed by atoms with Crippen molar-refractivity contribution in [3.8, 4) is 0 Å². The molecule has 0 radical (unpaired) electrons. The molecule has 0 aliphatic rings. The summed E-state index contributed by atoms with van der Waals surface area (Å²) >= 11 is 0. The summed E-state index contributed by atoms with van der Waals surface area (Å²) in [4.78, 5) is 10.3. The Morgan fingerprint density at radius 1 is 1.36 bits per heavy atom. The fraction of sp³-hybridized carbons (Fsp3) is 0.889. The molecule has 0 saturated heterocycles. The van der Waals surface area contributed by atoms with E-state index in [4.69, 9.17) is 0 Å². The van der Waals surface area contributed by atoms with Crippen molar-refractivity contribution in [3.05, 3.63) is 0 Å². The van der Waals surface area contributed by atoms with E-state index in [1.54, 1.807) is 7.05 Å². The van der Waals surface area contributed by atoms with Crippen LogP contribution in [0, 0.1) is 5.92 Å². The Bertz CT molecular complexity index is 86.8. The fourth-order valence-electron chi connectivity index (χ4n) is 0.352. The van der Waals surface area contributed by atoms with Gasteiger partial charge in [-0.1, -0.05) is 27.7 Å². The molecule has 0 heterocycles. The summed E-state index contributed by atoms with van der Waals surface area (Å²) in [6.45, 7) is 8.48. The van der Waals surface area contributed by atoms with E-state index in [2.05, 4.69) is 26.1 Å². The predicted octanol–water partition coefficient (Wildman–Crippen LogP) is 2.19. The van der Waals surface area contributed by atoms with Crippen molar-refractivity contribution in [1.82, 2.24) is 5.32 Å². The van der Waals surface area contributed by atoms with Gasteiger partial charge in [0.05, 0.1) is 0 Å². The molecule has 1 N–H and O–H groups in total. The zero-order chi connectivity index (χ0) is 9.28. The molecule has 0 aliphatic heterocycles. The van der Waals surface area contributed by atoms with Crippen LogP contribution in [0.4, 0.5) is 0 Å². The molecule has 0 unspecified atom stereocenters. The van der Waals surface area contributed by atoms with Crippen LogP contribution in [0.15, 0.2) is 0 Å². The lowest BCUT2D eigenvalue weighted by atomic mass is 10.3. The zero-order valence-corrected chi connectivity index (χ0v) is 8.40. The minimum atomic E-state index is 0.127. The van der Waals surface area contributed by atoms with E-state index in [1.807, 2.05) is 6.92 Å². The lowest BCUT2D eigenvalue weighted by Gasteiger charge is -1.91. The van der Waals surface area contributed by atoms with E-state index in [-0.39, 0.29) is 5.91 Å². The van der Waals surface area contributed by atoms with Gasteiger partial charge in [0.15, 0.2) is 0 Å². The third-order valence-electron chi connectivity index (χ3n) is 0.756. The van der Waals surface area contributed by atoms with Crippen LogP contribution in [0.3, 0.4) is 0 Å². The van der Waals surface area contributed by atoms with E-state index >= 15 is 0 Å². The van der Waals surface area contributed by atoms with Gasteiger partial charge in [-0.3, -0.25) is 4.79 Å². The molecule has 0 spiro atoms. The quantitative estimate of drug-likeness (QED) is 0.657. The Kier molecular flexibility index (Phi) is 11.3. The van der Waals surface area contributed by atoms with Gasteiger partial charge in [0.25, 0.3) is 0 Å². The van der Waals surface area contributed by atoms with E-state index in [9.17, 15) is 4.79 Å². The molecule has 0 aliphatic carbocycles. The first-order chi connectivity index (χ1) is 5.04. The van der Waals surface area contributed by atoms with E-state index in [0.29, 0.717) is 6.42 Å². The lowest BCUT2D eigenvalue weighted by Crippen LogP contribution is -2.16. The molecular formula is C9H21NO. The minimum Gasteiger partial charge on any atom is -0.359 e. The smallest absolute Gasteiger partial charge is 0.219 e. The molecule has 0 bridgehead atoms. The molecule has 0 saturated carbocycles. The summed E-state index contributed by atoms with van der Waals surface area (Å²) in [5, 5.41) is 2.53. The van der Waals surface area contributed by atoms with E-state index in [1.165, 1.54) is 0 Å². The average molecular weight is 159 g/mol. The highest BCUT2D eigenvalue weighted by atomic mass is 16.1. The Morgan fingerprint density at radius 3 is 1.82 bits per heavy atom. The molecule has 0 rings (SSSR count). The van der Waals surface area contributed by atoms with Gasteiger partial charge in [-0.25, -0.2) is 0 Å². The Morgan fingerprint density at radius 2 is 1.73 bits per heavy atom. The summed E-state index contributed by atoms with van der Waals surface area (Å²) < 4.78 is 0. The van der Waals surface area contributed by atoms with Crippen molar-refractivity contribution in [2.45, 2.75) is 40.5 Å². The molecule has 1 amide bonds. The second-order valence-corrected chi connectivity index (χ2v) is 3.16. The van der Waals surface area contributed by atoms with E-state index in [0.717, 1.165) is 12.3 Å². The Hall–Kier alpha value is -0.530. The maximum atomic E-state index is 10.3. The average Bonchev–Trinajstić information content (AvgIpc) is 1.87. The van der Waals surface area contributed by atoms with Crippen LogP contribution >= 0.6 is 0 Å². The first kappa shape index (κ1) is 13.1. The summed E-state index contributed by atoms with van der Waals surface area (Å²) in [7, 11) is 1.65. The van der Waals surface area contributed by atoms with Crippen LogP contribution < -0.4 is 5.32 Å².